The minimum absolute atomic E-state index is 0.434. The molecule has 0 radical (unpaired) electrons. The van der Waals surface area contributed by atoms with Crippen molar-refractivity contribution in [2.45, 2.75) is 25.3 Å². The van der Waals surface area contributed by atoms with Gasteiger partial charge in [-0.15, -0.1) is 0 Å². The van der Waals surface area contributed by atoms with Crippen LogP contribution in [0.1, 0.15) is 18.1 Å². The average molecular weight is 353 g/mol. The maximum atomic E-state index is 13.0. The van der Waals surface area contributed by atoms with Crippen molar-refractivity contribution in [2.75, 3.05) is 18.5 Å². The minimum atomic E-state index is -4.92. The third-order valence-corrected chi connectivity index (χ3v) is 3.20. The minimum Gasteiger partial charge on any atom is -0.357 e. The van der Waals surface area contributed by atoms with E-state index in [9.17, 15) is 31.1 Å². The summed E-state index contributed by atoms with van der Waals surface area (Å²) >= 11 is 0. The molecule has 24 heavy (non-hydrogen) atoms. The van der Waals surface area contributed by atoms with Crippen molar-refractivity contribution in [3.05, 3.63) is 29.3 Å². The van der Waals surface area contributed by atoms with E-state index >= 15 is 0 Å². The number of rotatable bonds is 4. The Morgan fingerprint density at radius 2 is 1.88 bits per heavy atom. The van der Waals surface area contributed by atoms with E-state index in [1.807, 2.05) is 0 Å². The number of nitrogens with one attached hydrogen (secondary N) is 1. The van der Waals surface area contributed by atoms with E-state index in [0.717, 1.165) is 19.1 Å². The Kier molecular flexibility index (Phi) is 5.71. The van der Waals surface area contributed by atoms with E-state index in [4.69, 9.17) is 5.26 Å². The molecule has 132 valence electrons. The molecule has 0 fully saturated rings. The van der Waals surface area contributed by atoms with Gasteiger partial charge >= 0.3 is 12.4 Å². The van der Waals surface area contributed by atoms with Crippen LogP contribution in [-0.2, 0) is 11.0 Å². The normalized spacial score (nSPS) is 13.1. The van der Waals surface area contributed by atoms with Crippen molar-refractivity contribution >= 4 is 11.6 Å². The van der Waals surface area contributed by atoms with E-state index in [1.54, 1.807) is 0 Å². The van der Waals surface area contributed by atoms with E-state index < -0.39 is 47.7 Å². The van der Waals surface area contributed by atoms with Crippen molar-refractivity contribution in [1.82, 2.24) is 5.32 Å². The van der Waals surface area contributed by atoms with Crippen molar-refractivity contribution < 1.29 is 31.1 Å². The zero-order valence-corrected chi connectivity index (χ0v) is 12.6. The molecular formula is C14H13F6N3O. The van der Waals surface area contributed by atoms with Crippen LogP contribution >= 0.6 is 0 Å². The number of nitriles is 1. The van der Waals surface area contributed by atoms with E-state index in [-0.39, 0.29) is 0 Å². The molecule has 1 N–H and O–H groups in total. The van der Waals surface area contributed by atoms with Gasteiger partial charge in [-0.3, -0.25) is 4.79 Å². The number of nitrogens with zero attached hydrogens (tertiary/aromatic N) is 2. The summed E-state index contributed by atoms with van der Waals surface area (Å²) in [5.74, 6) is -0.794. The van der Waals surface area contributed by atoms with Crippen molar-refractivity contribution in [3.63, 3.8) is 0 Å². The van der Waals surface area contributed by atoms with Crippen LogP contribution in [0.25, 0.3) is 0 Å². The van der Waals surface area contributed by atoms with Gasteiger partial charge in [0.15, 0.2) is 0 Å². The predicted octanol–water partition coefficient (Wildman–Crippen LogP) is 3.08. The fraction of sp³-hybridized carbons (Fsp3) is 0.429. The fourth-order valence-corrected chi connectivity index (χ4v) is 2.04. The first kappa shape index (κ1) is 19.6. The first-order valence-electron chi connectivity index (χ1n) is 6.57. The van der Waals surface area contributed by atoms with Crippen LogP contribution in [0, 0.1) is 11.3 Å². The highest BCUT2D eigenvalue weighted by atomic mass is 19.4. The van der Waals surface area contributed by atoms with Gasteiger partial charge in [-0.05, 0) is 25.1 Å². The summed E-state index contributed by atoms with van der Waals surface area (Å²) in [4.78, 5) is 12.1. The molecule has 0 heterocycles. The quantitative estimate of drug-likeness (QED) is 0.847. The first-order valence-corrected chi connectivity index (χ1v) is 6.57. The number of likely N-dealkylation sites (N-methyl/N-ethyl adjacent to an activating group) is 1. The van der Waals surface area contributed by atoms with Gasteiger partial charge < -0.3 is 10.2 Å². The predicted molar refractivity (Wildman–Crippen MR) is 73.1 cm³/mol. The van der Waals surface area contributed by atoms with Crippen LogP contribution in [0.5, 0.6) is 0 Å². The third-order valence-electron chi connectivity index (χ3n) is 3.20. The fourth-order valence-electron chi connectivity index (χ4n) is 2.04. The van der Waals surface area contributed by atoms with Crippen LogP contribution in [0.2, 0.25) is 0 Å². The molecule has 1 aromatic carbocycles. The number of hydrogen-bond acceptors (Lipinski definition) is 3. The molecule has 0 spiro atoms. The highest BCUT2D eigenvalue weighted by Gasteiger charge is 2.38. The lowest BCUT2D eigenvalue weighted by molar-refractivity contribution is -0.137. The van der Waals surface area contributed by atoms with Gasteiger partial charge in [-0.25, -0.2) is 0 Å². The second-order valence-electron chi connectivity index (χ2n) is 4.87. The van der Waals surface area contributed by atoms with Gasteiger partial charge in [0, 0.05) is 12.7 Å². The molecular weight excluding hydrogens is 340 g/mol. The number of benzene rings is 1. The van der Waals surface area contributed by atoms with E-state index in [0.29, 0.717) is 11.0 Å². The SMILES string of the molecule is CNC(=O)C(C)N(CC(F)(F)F)c1ccc(C#N)c(C(F)(F)F)c1. The standard InChI is InChI=1S/C14H13F6N3O/c1-8(12(24)22-2)23(7-13(15,16)17)10-4-3-9(6-21)11(5-10)14(18,19)20/h3-5,8H,7H2,1-2H3,(H,22,24). The largest absolute Gasteiger partial charge is 0.417 e. The van der Waals surface area contributed by atoms with Gasteiger partial charge in [0.1, 0.15) is 12.6 Å². The number of carbonyl (C=O) groups is 1. The smallest absolute Gasteiger partial charge is 0.357 e. The monoisotopic (exact) mass is 353 g/mol. The van der Waals surface area contributed by atoms with Crippen LogP contribution in [-0.4, -0.2) is 31.7 Å². The summed E-state index contributed by atoms with van der Waals surface area (Å²) in [6, 6.07) is 2.12. The molecule has 1 amide bonds. The Morgan fingerprint density at radius 1 is 1.29 bits per heavy atom. The number of alkyl halides is 6. The maximum Gasteiger partial charge on any atom is 0.417 e. The highest BCUT2D eigenvalue weighted by molar-refractivity contribution is 5.84. The lowest BCUT2D eigenvalue weighted by Crippen LogP contribution is -2.48. The van der Waals surface area contributed by atoms with Gasteiger partial charge in [0.05, 0.1) is 17.2 Å². The molecule has 0 aliphatic heterocycles. The molecule has 10 heteroatoms. The lowest BCUT2D eigenvalue weighted by atomic mass is 10.1. The summed E-state index contributed by atoms with van der Waals surface area (Å²) in [6.07, 6.45) is -9.66. The Morgan fingerprint density at radius 3 is 2.29 bits per heavy atom. The first-order chi connectivity index (χ1) is 10.9. The topological polar surface area (TPSA) is 56.1 Å². The molecule has 4 nitrogen and oxygen atoms in total. The van der Waals surface area contributed by atoms with Gasteiger partial charge in [-0.1, -0.05) is 0 Å². The second-order valence-corrected chi connectivity index (χ2v) is 4.87. The Balaban J connectivity index is 3.43. The lowest BCUT2D eigenvalue weighted by Gasteiger charge is -2.31. The molecule has 0 bridgehead atoms. The number of anilines is 1. The molecule has 0 aliphatic carbocycles. The summed E-state index contributed by atoms with van der Waals surface area (Å²) in [6.45, 7) is -0.485. The summed E-state index contributed by atoms with van der Waals surface area (Å²) in [5.41, 5.74) is -2.54. The molecule has 0 saturated carbocycles. The van der Waals surface area contributed by atoms with E-state index in [1.165, 1.54) is 13.1 Å². The Labute approximate surface area is 133 Å². The average Bonchev–Trinajstić information content (AvgIpc) is 2.48. The third kappa shape index (κ3) is 4.78. The van der Waals surface area contributed by atoms with Crippen molar-refractivity contribution in [3.8, 4) is 6.07 Å². The van der Waals surface area contributed by atoms with Gasteiger partial charge in [0.25, 0.3) is 0 Å². The number of halogens is 6. The Bertz CT molecular complexity index is 647. The molecule has 0 saturated heterocycles. The molecule has 1 unspecified atom stereocenters. The Hall–Kier alpha value is -2.44. The van der Waals surface area contributed by atoms with Crippen molar-refractivity contribution in [2.24, 2.45) is 0 Å². The summed E-state index contributed by atoms with van der Waals surface area (Å²) < 4.78 is 77.2. The zero-order chi connectivity index (χ0) is 18.7. The summed E-state index contributed by atoms with van der Waals surface area (Å²) in [5, 5.41) is 10.9. The maximum absolute atomic E-state index is 13.0. The molecule has 0 aliphatic rings. The van der Waals surface area contributed by atoms with Crippen LogP contribution in [0.3, 0.4) is 0 Å². The van der Waals surface area contributed by atoms with Crippen LogP contribution < -0.4 is 10.2 Å². The summed E-state index contributed by atoms with van der Waals surface area (Å²) in [7, 11) is 1.20. The molecule has 0 aromatic heterocycles. The van der Waals surface area contributed by atoms with E-state index in [2.05, 4.69) is 5.32 Å². The van der Waals surface area contributed by atoms with Crippen LogP contribution in [0.15, 0.2) is 18.2 Å². The van der Waals surface area contributed by atoms with Crippen molar-refractivity contribution in [1.29, 1.82) is 5.26 Å². The van der Waals surface area contributed by atoms with Gasteiger partial charge in [0.2, 0.25) is 5.91 Å². The highest BCUT2D eigenvalue weighted by Crippen LogP contribution is 2.35. The number of amides is 1. The number of hydrogen-bond donors (Lipinski definition) is 1. The molecule has 1 atom stereocenters. The molecule has 1 aromatic rings. The number of carbonyl (C=O) groups excluding carboxylic acids is 1. The molecule has 1 rings (SSSR count). The zero-order valence-electron chi connectivity index (χ0n) is 12.6. The van der Waals surface area contributed by atoms with Crippen LogP contribution in [0.4, 0.5) is 32.0 Å². The second kappa shape index (κ2) is 6.98. The van der Waals surface area contributed by atoms with Gasteiger partial charge in [-0.2, -0.15) is 31.6 Å².